The maximum Gasteiger partial charge on any atom is 0.290 e. The molecule has 0 spiro atoms. The Labute approximate surface area is 117 Å². The van der Waals surface area contributed by atoms with Crippen LogP contribution < -0.4 is 5.73 Å². The number of hydrogen-bond donors (Lipinski definition) is 1. The number of ketones is 1. The molecule has 0 unspecified atom stereocenters. The van der Waals surface area contributed by atoms with Crippen molar-refractivity contribution in [3.05, 3.63) is 49.0 Å². The molecule has 0 aliphatic carbocycles. The molecule has 0 fully saturated rings. The molecule has 0 saturated carbocycles. The Hall–Kier alpha value is -2.42. The summed E-state index contributed by atoms with van der Waals surface area (Å²) in [5, 5.41) is 21.6. The average molecular weight is 297 g/mol. The van der Waals surface area contributed by atoms with Gasteiger partial charge in [0.1, 0.15) is 0 Å². The van der Waals surface area contributed by atoms with Crippen molar-refractivity contribution in [1.82, 2.24) is 0 Å². The minimum atomic E-state index is -0.737. The molecule has 0 saturated heterocycles. The van der Waals surface area contributed by atoms with Gasteiger partial charge in [0.05, 0.1) is 25.7 Å². The molecule has 8 nitrogen and oxygen atoms in total. The van der Waals surface area contributed by atoms with E-state index in [4.69, 9.17) is 5.73 Å². The van der Waals surface area contributed by atoms with Crippen LogP contribution in [0.15, 0.2) is 33.7 Å². The van der Waals surface area contributed by atoms with Crippen molar-refractivity contribution in [2.45, 2.75) is 18.7 Å². The Morgan fingerprint density at radius 2 is 1.80 bits per heavy atom. The van der Waals surface area contributed by atoms with Gasteiger partial charge in [0.25, 0.3) is 11.4 Å². The van der Waals surface area contributed by atoms with Crippen molar-refractivity contribution in [2.75, 3.05) is 0 Å². The Morgan fingerprint density at radius 3 is 2.20 bits per heavy atom. The third kappa shape index (κ3) is 3.54. The van der Waals surface area contributed by atoms with E-state index in [2.05, 4.69) is 0 Å². The molecule has 9 heteroatoms. The number of thioether (sulfide) groups is 1. The van der Waals surface area contributed by atoms with Gasteiger partial charge in [0.2, 0.25) is 0 Å². The highest BCUT2D eigenvalue weighted by atomic mass is 32.2. The van der Waals surface area contributed by atoms with Gasteiger partial charge in [-0.15, -0.1) is 0 Å². The lowest BCUT2D eigenvalue weighted by molar-refractivity contribution is -0.396. The number of nitrogens with two attached hydrogens (primary N) is 1. The van der Waals surface area contributed by atoms with Gasteiger partial charge >= 0.3 is 0 Å². The molecule has 0 aliphatic heterocycles. The topological polar surface area (TPSA) is 129 Å². The van der Waals surface area contributed by atoms with Crippen LogP contribution >= 0.6 is 11.8 Å². The van der Waals surface area contributed by atoms with Crippen LogP contribution in [-0.4, -0.2) is 15.6 Å². The molecule has 0 bridgehead atoms. The summed E-state index contributed by atoms with van der Waals surface area (Å²) in [6.07, 6.45) is 0. The quantitative estimate of drug-likeness (QED) is 0.382. The second-order valence-electron chi connectivity index (χ2n) is 3.84. The van der Waals surface area contributed by atoms with Crippen LogP contribution in [0.1, 0.15) is 13.8 Å². The SMILES string of the molecule is CC(=O)/C(Sc1ccc([N+](=O)[O-])cc1[N+](=O)[O-])=C(/C)N. The standard InChI is InChI=1S/C11H11N3O5S/c1-6(12)11(7(2)15)20-10-4-3-8(13(16)17)5-9(10)14(18)19/h3-5H,12H2,1-2H3/b11-6+. The van der Waals surface area contributed by atoms with Crippen molar-refractivity contribution in [2.24, 2.45) is 5.73 Å². The highest BCUT2D eigenvalue weighted by Gasteiger charge is 2.22. The van der Waals surface area contributed by atoms with Gasteiger partial charge in [-0.3, -0.25) is 25.0 Å². The first-order valence-corrected chi connectivity index (χ1v) is 6.13. The number of nitro benzene ring substituents is 2. The van der Waals surface area contributed by atoms with E-state index in [-0.39, 0.29) is 27.0 Å². The molecular formula is C11H11N3O5S. The third-order valence-electron chi connectivity index (χ3n) is 2.24. The smallest absolute Gasteiger partial charge is 0.290 e. The fourth-order valence-corrected chi connectivity index (χ4v) is 2.29. The largest absolute Gasteiger partial charge is 0.401 e. The summed E-state index contributed by atoms with van der Waals surface area (Å²) in [5.74, 6) is -0.331. The fourth-order valence-electron chi connectivity index (χ4n) is 1.39. The number of hydrogen-bond acceptors (Lipinski definition) is 7. The lowest BCUT2D eigenvalue weighted by Crippen LogP contribution is -2.03. The zero-order valence-corrected chi connectivity index (χ0v) is 11.5. The Balaban J connectivity index is 3.32. The van der Waals surface area contributed by atoms with Crippen molar-refractivity contribution < 1.29 is 14.6 Å². The van der Waals surface area contributed by atoms with Gasteiger partial charge in [-0.2, -0.15) is 0 Å². The maximum atomic E-state index is 11.4. The van der Waals surface area contributed by atoms with Crippen LogP contribution in [0.2, 0.25) is 0 Å². The van der Waals surface area contributed by atoms with E-state index >= 15 is 0 Å². The van der Waals surface area contributed by atoms with Crippen molar-refractivity contribution >= 4 is 28.9 Å². The normalized spacial score (nSPS) is 11.7. The van der Waals surface area contributed by atoms with Crippen molar-refractivity contribution in [3.8, 4) is 0 Å². The van der Waals surface area contributed by atoms with Crippen molar-refractivity contribution in [3.63, 3.8) is 0 Å². The monoisotopic (exact) mass is 297 g/mol. The minimum Gasteiger partial charge on any atom is -0.401 e. The molecule has 0 heterocycles. The molecule has 0 aliphatic rings. The summed E-state index contributed by atoms with van der Waals surface area (Å²) in [7, 11) is 0. The second kappa shape index (κ2) is 6.15. The van der Waals surface area contributed by atoms with Crippen LogP contribution in [0.3, 0.4) is 0 Å². The Kier molecular flexibility index (Phi) is 4.81. The molecule has 0 amide bonds. The van der Waals surface area contributed by atoms with Gasteiger partial charge in [-0.1, -0.05) is 11.8 Å². The van der Waals surface area contributed by atoms with Crippen LogP contribution in [0, 0.1) is 20.2 Å². The molecule has 2 N–H and O–H groups in total. The number of benzene rings is 1. The predicted octanol–water partition coefficient (Wildman–Crippen LogP) is 2.37. The highest BCUT2D eigenvalue weighted by molar-refractivity contribution is 8.04. The number of carbonyl (C=O) groups excluding carboxylic acids is 1. The zero-order valence-electron chi connectivity index (χ0n) is 10.7. The number of allylic oxidation sites excluding steroid dienone is 2. The summed E-state index contributed by atoms with van der Waals surface area (Å²) in [6, 6.07) is 3.22. The third-order valence-corrected chi connectivity index (χ3v) is 3.62. The first-order valence-electron chi connectivity index (χ1n) is 5.32. The first-order chi connectivity index (χ1) is 9.23. The van der Waals surface area contributed by atoms with E-state index in [1.54, 1.807) is 0 Å². The van der Waals surface area contributed by atoms with Gasteiger partial charge in [0, 0.05) is 11.8 Å². The summed E-state index contributed by atoms with van der Waals surface area (Å²) in [6.45, 7) is 2.79. The molecule has 0 radical (unpaired) electrons. The Bertz CT molecular complexity index is 622. The lowest BCUT2D eigenvalue weighted by atomic mass is 10.3. The van der Waals surface area contributed by atoms with E-state index < -0.39 is 15.5 Å². The maximum absolute atomic E-state index is 11.4. The van der Waals surface area contributed by atoms with Gasteiger partial charge in [-0.25, -0.2) is 0 Å². The molecule has 1 aromatic rings. The molecule has 0 aromatic heterocycles. The van der Waals surface area contributed by atoms with Gasteiger partial charge < -0.3 is 5.73 Å². The van der Waals surface area contributed by atoms with E-state index in [9.17, 15) is 25.0 Å². The summed E-state index contributed by atoms with van der Waals surface area (Å²) in [4.78, 5) is 31.8. The highest BCUT2D eigenvalue weighted by Crippen LogP contribution is 2.37. The molecule has 1 aromatic carbocycles. The van der Waals surface area contributed by atoms with Crippen LogP contribution in [0.5, 0.6) is 0 Å². The summed E-state index contributed by atoms with van der Waals surface area (Å²) < 4.78 is 0. The molecule has 0 atom stereocenters. The predicted molar refractivity (Wildman–Crippen MR) is 73.2 cm³/mol. The van der Waals surface area contributed by atoms with E-state index in [1.807, 2.05) is 0 Å². The fraction of sp³-hybridized carbons (Fsp3) is 0.182. The number of Topliss-reactive ketones (excluding diaryl/α,β-unsaturated/α-hetero) is 1. The first kappa shape index (κ1) is 15.6. The molecular weight excluding hydrogens is 286 g/mol. The lowest BCUT2D eigenvalue weighted by Gasteiger charge is -2.06. The van der Waals surface area contributed by atoms with E-state index in [1.165, 1.54) is 19.9 Å². The number of nitrogens with zero attached hydrogens (tertiary/aromatic N) is 2. The van der Waals surface area contributed by atoms with Crippen LogP contribution in [0.25, 0.3) is 0 Å². The van der Waals surface area contributed by atoms with Crippen LogP contribution in [0.4, 0.5) is 11.4 Å². The van der Waals surface area contributed by atoms with Crippen molar-refractivity contribution in [1.29, 1.82) is 0 Å². The minimum absolute atomic E-state index is 0.121. The Morgan fingerprint density at radius 1 is 1.20 bits per heavy atom. The number of non-ortho nitro benzene ring substituents is 1. The molecule has 1 rings (SSSR count). The summed E-state index contributed by atoms with van der Waals surface area (Å²) >= 11 is 0.821. The number of rotatable bonds is 5. The number of nitro groups is 2. The number of carbonyl (C=O) groups is 1. The molecule has 20 heavy (non-hydrogen) atoms. The zero-order chi connectivity index (χ0) is 15.4. The summed E-state index contributed by atoms with van der Waals surface area (Å²) in [5.41, 5.74) is 4.95. The van der Waals surface area contributed by atoms with Gasteiger partial charge in [0.15, 0.2) is 5.78 Å². The molecule has 106 valence electrons. The van der Waals surface area contributed by atoms with Crippen LogP contribution in [-0.2, 0) is 4.79 Å². The second-order valence-corrected chi connectivity index (χ2v) is 4.89. The van der Waals surface area contributed by atoms with E-state index in [0.29, 0.717) is 0 Å². The average Bonchev–Trinajstić information content (AvgIpc) is 2.34. The van der Waals surface area contributed by atoms with Gasteiger partial charge in [-0.05, 0) is 19.9 Å². The van der Waals surface area contributed by atoms with E-state index in [0.717, 1.165) is 23.9 Å².